The van der Waals surface area contributed by atoms with Crippen molar-refractivity contribution in [2.45, 2.75) is 5.16 Å². The fourth-order valence-electron chi connectivity index (χ4n) is 4.46. The summed E-state index contributed by atoms with van der Waals surface area (Å²) in [6.07, 6.45) is 0. The highest BCUT2D eigenvalue weighted by molar-refractivity contribution is 7.99. The van der Waals surface area contributed by atoms with Gasteiger partial charge >= 0.3 is 0 Å². The van der Waals surface area contributed by atoms with Gasteiger partial charge < -0.3 is 14.5 Å². The zero-order valence-corrected chi connectivity index (χ0v) is 22.5. The van der Waals surface area contributed by atoms with Gasteiger partial charge in [0.05, 0.1) is 23.1 Å². The highest BCUT2D eigenvalue weighted by atomic mass is 32.2. The molecular weight excluding hydrogens is 516 g/mol. The van der Waals surface area contributed by atoms with Crippen LogP contribution in [-0.2, 0) is 4.79 Å². The topological polar surface area (TPSA) is 76.4 Å². The summed E-state index contributed by atoms with van der Waals surface area (Å²) in [7, 11) is 1.65. The standard InChI is InChI=1S/C28H26N6O2S2/c1-36-22-13-11-20(12-14-22)26-30-31-28(34(26)21-7-3-2-4-8-21)37-19-25(35)32-15-17-33(18-16-32)27-29-23-9-5-6-10-24(23)38-27/h2-14H,15-19H2,1H3. The number of thioether (sulfide) groups is 1. The summed E-state index contributed by atoms with van der Waals surface area (Å²) in [4.78, 5) is 22.1. The van der Waals surface area contributed by atoms with Crippen molar-refractivity contribution < 1.29 is 9.53 Å². The number of methoxy groups -OCH3 is 1. The van der Waals surface area contributed by atoms with Gasteiger partial charge in [-0.25, -0.2) is 4.98 Å². The number of piperazine rings is 1. The lowest BCUT2D eigenvalue weighted by atomic mass is 10.2. The molecule has 0 aliphatic carbocycles. The quantitative estimate of drug-likeness (QED) is 0.268. The van der Waals surface area contributed by atoms with Crippen LogP contribution in [0.3, 0.4) is 0 Å². The van der Waals surface area contributed by atoms with E-state index in [-0.39, 0.29) is 5.91 Å². The molecule has 1 aliphatic rings. The third kappa shape index (κ3) is 4.97. The number of carbonyl (C=O) groups excluding carboxylic acids is 1. The molecule has 192 valence electrons. The van der Waals surface area contributed by atoms with Gasteiger partial charge in [0.25, 0.3) is 0 Å². The van der Waals surface area contributed by atoms with Crippen LogP contribution in [0.4, 0.5) is 5.13 Å². The monoisotopic (exact) mass is 542 g/mol. The number of carbonyl (C=O) groups is 1. The van der Waals surface area contributed by atoms with E-state index in [1.807, 2.05) is 82.3 Å². The molecule has 3 aromatic carbocycles. The molecule has 0 bridgehead atoms. The van der Waals surface area contributed by atoms with E-state index in [1.54, 1.807) is 18.4 Å². The number of amides is 1. The first-order valence-corrected chi connectivity index (χ1v) is 14.2. The van der Waals surface area contributed by atoms with Gasteiger partial charge in [-0.3, -0.25) is 9.36 Å². The SMILES string of the molecule is COc1ccc(-c2nnc(SCC(=O)N3CCN(c4nc5ccccc5s4)CC3)n2-c2ccccc2)cc1. The van der Waals surface area contributed by atoms with Gasteiger partial charge in [0.15, 0.2) is 16.1 Å². The molecular formula is C28H26N6O2S2. The Labute approximate surface area is 228 Å². The Morgan fingerprint density at radius 1 is 0.921 bits per heavy atom. The highest BCUT2D eigenvalue weighted by Crippen LogP contribution is 2.31. The lowest BCUT2D eigenvalue weighted by Gasteiger charge is -2.34. The number of hydrogen-bond acceptors (Lipinski definition) is 8. The van der Waals surface area contributed by atoms with Gasteiger partial charge in [-0.2, -0.15) is 0 Å². The van der Waals surface area contributed by atoms with Gasteiger partial charge in [0.2, 0.25) is 5.91 Å². The van der Waals surface area contributed by atoms with Crippen LogP contribution < -0.4 is 9.64 Å². The molecule has 1 saturated heterocycles. The Morgan fingerprint density at radius 3 is 2.39 bits per heavy atom. The minimum absolute atomic E-state index is 0.104. The number of ether oxygens (including phenoxy) is 1. The van der Waals surface area contributed by atoms with Crippen LogP contribution in [0.5, 0.6) is 5.75 Å². The lowest BCUT2D eigenvalue weighted by molar-refractivity contribution is -0.128. The van der Waals surface area contributed by atoms with Crippen LogP contribution in [0, 0.1) is 0 Å². The average molecular weight is 543 g/mol. The fourth-order valence-corrected chi connectivity index (χ4v) is 6.33. The predicted molar refractivity (Wildman–Crippen MR) is 152 cm³/mol. The largest absolute Gasteiger partial charge is 0.497 e. The minimum Gasteiger partial charge on any atom is -0.497 e. The van der Waals surface area contributed by atoms with E-state index >= 15 is 0 Å². The van der Waals surface area contributed by atoms with Gasteiger partial charge in [-0.15, -0.1) is 10.2 Å². The van der Waals surface area contributed by atoms with Gasteiger partial charge in [0, 0.05) is 37.4 Å². The maximum Gasteiger partial charge on any atom is 0.233 e. The second kappa shape index (κ2) is 10.8. The van der Waals surface area contributed by atoms with Crippen LogP contribution in [0.25, 0.3) is 27.3 Å². The Balaban J connectivity index is 1.14. The summed E-state index contributed by atoms with van der Waals surface area (Å²) >= 11 is 3.12. The molecule has 3 heterocycles. The predicted octanol–water partition coefficient (Wildman–Crippen LogP) is 4.99. The Kier molecular flexibility index (Phi) is 6.98. The third-order valence-corrected chi connectivity index (χ3v) is 8.52. The van der Waals surface area contributed by atoms with Gasteiger partial charge in [-0.05, 0) is 48.5 Å². The van der Waals surface area contributed by atoms with Crippen molar-refractivity contribution in [2.24, 2.45) is 0 Å². The minimum atomic E-state index is 0.104. The number of aromatic nitrogens is 4. The number of anilines is 1. The van der Waals surface area contributed by atoms with Crippen molar-refractivity contribution in [2.75, 3.05) is 43.9 Å². The summed E-state index contributed by atoms with van der Waals surface area (Å²) in [5, 5.41) is 10.7. The lowest BCUT2D eigenvalue weighted by Crippen LogP contribution is -2.49. The van der Waals surface area contributed by atoms with Crippen LogP contribution >= 0.6 is 23.1 Å². The van der Waals surface area contributed by atoms with Crippen molar-refractivity contribution >= 4 is 44.4 Å². The molecule has 0 N–H and O–H groups in total. The second-order valence-corrected chi connectivity index (χ2v) is 10.8. The number of para-hydroxylation sites is 2. The summed E-state index contributed by atoms with van der Waals surface area (Å²) in [5.41, 5.74) is 2.90. The highest BCUT2D eigenvalue weighted by Gasteiger charge is 2.24. The number of rotatable bonds is 7. The average Bonchev–Trinajstić information content (AvgIpc) is 3.61. The van der Waals surface area contributed by atoms with Crippen LogP contribution in [0.1, 0.15) is 0 Å². The Hall–Kier alpha value is -3.89. The summed E-state index contributed by atoms with van der Waals surface area (Å²) in [6, 6.07) is 25.9. The second-order valence-electron chi connectivity index (χ2n) is 8.83. The van der Waals surface area contributed by atoms with E-state index in [1.165, 1.54) is 16.5 Å². The summed E-state index contributed by atoms with van der Waals surface area (Å²) in [6.45, 7) is 2.91. The number of hydrogen-bond donors (Lipinski definition) is 0. The van der Waals surface area contributed by atoms with E-state index in [0.717, 1.165) is 46.6 Å². The summed E-state index contributed by atoms with van der Waals surface area (Å²) < 4.78 is 8.49. The molecule has 2 aromatic heterocycles. The van der Waals surface area contributed by atoms with Crippen molar-refractivity contribution in [1.82, 2.24) is 24.6 Å². The number of fused-ring (bicyclic) bond motifs is 1. The molecule has 38 heavy (non-hydrogen) atoms. The molecule has 6 rings (SSSR count). The number of benzene rings is 3. The molecule has 0 atom stereocenters. The third-order valence-electron chi connectivity index (χ3n) is 6.51. The smallest absolute Gasteiger partial charge is 0.233 e. The Bertz CT molecular complexity index is 1510. The molecule has 8 nitrogen and oxygen atoms in total. The van der Waals surface area contributed by atoms with Crippen molar-refractivity contribution in [3.05, 3.63) is 78.9 Å². The molecule has 1 aliphatic heterocycles. The van der Waals surface area contributed by atoms with Crippen LogP contribution in [-0.4, -0.2) is 69.6 Å². The molecule has 5 aromatic rings. The van der Waals surface area contributed by atoms with E-state index in [9.17, 15) is 4.79 Å². The first-order chi connectivity index (χ1) is 18.7. The fraction of sp³-hybridized carbons (Fsp3) is 0.214. The summed E-state index contributed by atoms with van der Waals surface area (Å²) in [5.74, 6) is 1.91. The van der Waals surface area contributed by atoms with Crippen molar-refractivity contribution in [1.29, 1.82) is 0 Å². The first kappa shape index (κ1) is 24.4. The van der Waals surface area contributed by atoms with E-state index in [2.05, 4.69) is 21.2 Å². The molecule has 0 radical (unpaired) electrons. The zero-order valence-electron chi connectivity index (χ0n) is 20.9. The van der Waals surface area contributed by atoms with Crippen LogP contribution in [0.2, 0.25) is 0 Å². The molecule has 10 heteroatoms. The van der Waals surface area contributed by atoms with Crippen molar-refractivity contribution in [3.63, 3.8) is 0 Å². The molecule has 1 amide bonds. The van der Waals surface area contributed by atoms with Crippen molar-refractivity contribution in [3.8, 4) is 22.8 Å². The maximum absolute atomic E-state index is 13.2. The normalized spacial score (nSPS) is 13.7. The van der Waals surface area contributed by atoms with E-state index in [0.29, 0.717) is 24.0 Å². The molecule has 1 fully saturated rings. The maximum atomic E-state index is 13.2. The molecule has 0 unspecified atom stereocenters. The first-order valence-electron chi connectivity index (χ1n) is 12.4. The van der Waals surface area contributed by atoms with E-state index < -0.39 is 0 Å². The molecule has 0 spiro atoms. The van der Waals surface area contributed by atoms with E-state index in [4.69, 9.17) is 9.72 Å². The molecule has 0 saturated carbocycles. The Morgan fingerprint density at radius 2 is 1.66 bits per heavy atom. The number of nitrogens with zero attached hydrogens (tertiary/aromatic N) is 6. The van der Waals surface area contributed by atoms with Crippen LogP contribution in [0.15, 0.2) is 84.0 Å². The number of thiazole rings is 1. The van der Waals surface area contributed by atoms with Gasteiger partial charge in [0.1, 0.15) is 5.75 Å². The van der Waals surface area contributed by atoms with Gasteiger partial charge in [-0.1, -0.05) is 53.4 Å². The zero-order chi connectivity index (χ0) is 25.9.